The highest BCUT2D eigenvalue weighted by Gasteiger charge is 2.03. The van der Waals surface area contributed by atoms with Crippen LogP contribution in [0.1, 0.15) is 26.0 Å². The number of fused-ring (bicyclic) bond motifs is 1. The molecular formula is C11H14N4. The number of aromatic amines is 1. The number of imidazole rings is 1. The first-order valence-electron chi connectivity index (χ1n) is 5.03. The number of aryl methyl sites for hydroxylation is 1. The van der Waals surface area contributed by atoms with E-state index in [1.807, 2.05) is 0 Å². The summed E-state index contributed by atoms with van der Waals surface area (Å²) in [6, 6.07) is 0. The van der Waals surface area contributed by atoms with E-state index in [2.05, 4.69) is 39.9 Å². The summed E-state index contributed by atoms with van der Waals surface area (Å²) in [6.07, 6.45) is 7.37. The summed E-state index contributed by atoms with van der Waals surface area (Å²) >= 11 is 0. The highest BCUT2D eigenvalue weighted by Crippen LogP contribution is 2.11. The second-order valence-corrected chi connectivity index (χ2v) is 3.74. The molecule has 0 spiro atoms. The molecule has 0 bridgehead atoms. The number of rotatable bonds is 3. The smallest absolute Gasteiger partial charge is 0.180 e. The van der Waals surface area contributed by atoms with E-state index in [1.165, 1.54) is 5.57 Å². The molecule has 2 aromatic rings. The Bertz CT molecular complexity index is 480. The first-order valence-corrected chi connectivity index (χ1v) is 5.03. The van der Waals surface area contributed by atoms with Crippen molar-refractivity contribution in [3.8, 4) is 0 Å². The van der Waals surface area contributed by atoms with Crippen molar-refractivity contribution in [2.45, 2.75) is 26.7 Å². The molecule has 0 fully saturated rings. The average Bonchev–Trinajstić information content (AvgIpc) is 2.65. The van der Waals surface area contributed by atoms with Gasteiger partial charge >= 0.3 is 0 Å². The number of nitrogens with one attached hydrogen (secondary N) is 1. The summed E-state index contributed by atoms with van der Waals surface area (Å²) in [4.78, 5) is 15.5. The molecule has 2 heterocycles. The van der Waals surface area contributed by atoms with E-state index >= 15 is 0 Å². The number of hydrogen-bond donors (Lipinski definition) is 1. The maximum Gasteiger partial charge on any atom is 0.180 e. The van der Waals surface area contributed by atoms with Gasteiger partial charge in [0.05, 0.1) is 12.0 Å². The maximum absolute atomic E-state index is 4.26. The van der Waals surface area contributed by atoms with Crippen molar-refractivity contribution in [3.05, 3.63) is 30.0 Å². The van der Waals surface area contributed by atoms with Gasteiger partial charge in [0.2, 0.25) is 0 Å². The van der Waals surface area contributed by atoms with E-state index in [1.54, 1.807) is 12.7 Å². The van der Waals surface area contributed by atoms with Crippen LogP contribution in [-0.2, 0) is 6.42 Å². The second kappa shape index (κ2) is 4.21. The highest BCUT2D eigenvalue weighted by atomic mass is 15.0. The maximum atomic E-state index is 4.26. The van der Waals surface area contributed by atoms with Crippen molar-refractivity contribution >= 4 is 11.2 Å². The fraction of sp³-hybridized carbons (Fsp3) is 0.364. The van der Waals surface area contributed by atoms with Crippen LogP contribution in [0.4, 0.5) is 0 Å². The Kier molecular flexibility index (Phi) is 2.76. The first-order chi connectivity index (χ1) is 7.27. The van der Waals surface area contributed by atoms with Crippen molar-refractivity contribution in [1.82, 2.24) is 19.9 Å². The van der Waals surface area contributed by atoms with Gasteiger partial charge in [-0.05, 0) is 26.7 Å². The minimum absolute atomic E-state index is 0.747. The normalized spacial score (nSPS) is 10.5. The van der Waals surface area contributed by atoms with Crippen molar-refractivity contribution in [2.75, 3.05) is 0 Å². The van der Waals surface area contributed by atoms with Gasteiger partial charge in [-0.3, -0.25) is 0 Å². The van der Waals surface area contributed by atoms with Gasteiger partial charge in [-0.15, -0.1) is 0 Å². The molecule has 15 heavy (non-hydrogen) atoms. The molecule has 0 aromatic carbocycles. The summed E-state index contributed by atoms with van der Waals surface area (Å²) in [7, 11) is 0. The number of nitrogens with zero attached hydrogens (tertiary/aromatic N) is 3. The fourth-order valence-electron chi connectivity index (χ4n) is 1.50. The van der Waals surface area contributed by atoms with Crippen LogP contribution in [0.2, 0.25) is 0 Å². The van der Waals surface area contributed by atoms with E-state index < -0.39 is 0 Å². The van der Waals surface area contributed by atoms with Gasteiger partial charge in [-0.2, -0.15) is 0 Å². The monoisotopic (exact) mass is 202 g/mol. The molecule has 0 radical (unpaired) electrons. The molecule has 0 amide bonds. The predicted molar refractivity (Wildman–Crippen MR) is 59.4 cm³/mol. The van der Waals surface area contributed by atoms with Crippen LogP contribution in [-0.4, -0.2) is 19.9 Å². The van der Waals surface area contributed by atoms with E-state index in [4.69, 9.17) is 0 Å². The van der Waals surface area contributed by atoms with Crippen LogP contribution in [0, 0.1) is 0 Å². The minimum Gasteiger partial charge on any atom is -0.342 e. The van der Waals surface area contributed by atoms with E-state index in [0.717, 1.165) is 29.7 Å². The van der Waals surface area contributed by atoms with Gasteiger partial charge < -0.3 is 4.98 Å². The van der Waals surface area contributed by atoms with Gasteiger partial charge in [0.15, 0.2) is 5.65 Å². The van der Waals surface area contributed by atoms with Crippen LogP contribution in [0.15, 0.2) is 24.3 Å². The second-order valence-electron chi connectivity index (χ2n) is 3.74. The summed E-state index contributed by atoms with van der Waals surface area (Å²) in [6.45, 7) is 4.21. The lowest BCUT2D eigenvalue weighted by atomic mass is 10.2. The Morgan fingerprint density at radius 1 is 1.33 bits per heavy atom. The Morgan fingerprint density at radius 3 is 3.00 bits per heavy atom. The summed E-state index contributed by atoms with van der Waals surface area (Å²) in [5.74, 6) is 0. The molecule has 0 aliphatic heterocycles. The molecule has 0 aliphatic carbocycles. The molecule has 1 N–H and O–H groups in total. The average molecular weight is 202 g/mol. The van der Waals surface area contributed by atoms with Gasteiger partial charge in [0, 0.05) is 0 Å². The minimum atomic E-state index is 0.747. The zero-order valence-corrected chi connectivity index (χ0v) is 8.99. The third-order valence-electron chi connectivity index (χ3n) is 2.24. The molecule has 4 nitrogen and oxygen atoms in total. The fourth-order valence-corrected chi connectivity index (χ4v) is 1.50. The van der Waals surface area contributed by atoms with Gasteiger partial charge in [-0.25, -0.2) is 15.0 Å². The Labute approximate surface area is 88.5 Å². The summed E-state index contributed by atoms with van der Waals surface area (Å²) in [5.41, 5.74) is 4.08. The standard InChI is InChI=1S/C11H14N4/c1-8(2)4-3-5-9-10-11(14-6-12-9)15-7-13-10/h4,6-7H,3,5H2,1-2H3,(H,12,13,14,15). The van der Waals surface area contributed by atoms with Crippen LogP contribution < -0.4 is 0 Å². The molecule has 0 unspecified atom stereocenters. The third kappa shape index (κ3) is 2.21. The van der Waals surface area contributed by atoms with Crippen LogP contribution in [0.3, 0.4) is 0 Å². The zero-order chi connectivity index (χ0) is 10.7. The van der Waals surface area contributed by atoms with Crippen molar-refractivity contribution in [1.29, 1.82) is 0 Å². The lowest BCUT2D eigenvalue weighted by Gasteiger charge is -1.98. The largest absolute Gasteiger partial charge is 0.342 e. The molecule has 2 rings (SSSR count). The Morgan fingerprint density at radius 2 is 2.20 bits per heavy atom. The van der Waals surface area contributed by atoms with E-state index in [-0.39, 0.29) is 0 Å². The van der Waals surface area contributed by atoms with Gasteiger partial charge in [-0.1, -0.05) is 11.6 Å². The Balaban J connectivity index is 2.20. The third-order valence-corrected chi connectivity index (χ3v) is 2.24. The SMILES string of the molecule is CC(C)=CCCc1ncnc2nc[nH]c12. The van der Waals surface area contributed by atoms with Crippen molar-refractivity contribution < 1.29 is 0 Å². The van der Waals surface area contributed by atoms with Crippen molar-refractivity contribution in [3.63, 3.8) is 0 Å². The van der Waals surface area contributed by atoms with Crippen LogP contribution in [0.25, 0.3) is 11.2 Å². The molecule has 2 aromatic heterocycles. The number of aromatic nitrogens is 4. The van der Waals surface area contributed by atoms with Crippen LogP contribution >= 0.6 is 0 Å². The molecule has 0 aliphatic rings. The summed E-state index contributed by atoms with van der Waals surface area (Å²) < 4.78 is 0. The molecule has 4 heteroatoms. The number of allylic oxidation sites excluding steroid dienone is 2. The van der Waals surface area contributed by atoms with Gasteiger partial charge in [0.25, 0.3) is 0 Å². The molecule has 0 atom stereocenters. The molecular weight excluding hydrogens is 188 g/mol. The molecule has 0 saturated heterocycles. The topological polar surface area (TPSA) is 54.5 Å². The van der Waals surface area contributed by atoms with E-state index in [0.29, 0.717) is 0 Å². The predicted octanol–water partition coefficient (Wildman–Crippen LogP) is 2.25. The number of hydrogen-bond acceptors (Lipinski definition) is 3. The van der Waals surface area contributed by atoms with Crippen LogP contribution in [0.5, 0.6) is 0 Å². The Hall–Kier alpha value is -1.71. The molecule has 78 valence electrons. The summed E-state index contributed by atoms with van der Waals surface area (Å²) in [5, 5.41) is 0. The highest BCUT2D eigenvalue weighted by molar-refractivity contribution is 5.71. The lowest BCUT2D eigenvalue weighted by Crippen LogP contribution is -1.92. The van der Waals surface area contributed by atoms with E-state index in [9.17, 15) is 0 Å². The van der Waals surface area contributed by atoms with Crippen molar-refractivity contribution in [2.24, 2.45) is 0 Å². The first kappa shape index (κ1) is 9.83. The molecule has 0 saturated carbocycles. The van der Waals surface area contributed by atoms with Gasteiger partial charge in [0.1, 0.15) is 11.8 Å². The number of H-pyrrole nitrogens is 1. The zero-order valence-electron chi connectivity index (χ0n) is 8.99. The lowest BCUT2D eigenvalue weighted by molar-refractivity contribution is 0.934. The quantitative estimate of drug-likeness (QED) is 0.777.